The Bertz CT molecular complexity index is 299. The first-order chi connectivity index (χ1) is 8.54. The van der Waals surface area contributed by atoms with Gasteiger partial charge in [-0.1, -0.05) is 53.4 Å². The third-order valence-electron chi connectivity index (χ3n) is 7.54. The third-order valence-corrected chi connectivity index (χ3v) is 7.54. The van der Waals surface area contributed by atoms with Crippen LogP contribution in [0.3, 0.4) is 0 Å². The van der Waals surface area contributed by atoms with Crippen molar-refractivity contribution in [3.63, 3.8) is 0 Å². The minimum Gasteiger partial charge on any atom is -0.0651 e. The molecule has 3 fully saturated rings. The van der Waals surface area contributed by atoms with Crippen molar-refractivity contribution in [2.24, 2.45) is 40.9 Å². The van der Waals surface area contributed by atoms with Gasteiger partial charge in [0.1, 0.15) is 0 Å². The molecule has 0 N–H and O–H groups in total. The highest BCUT2D eigenvalue weighted by molar-refractivity contribution is 5.05. The Morgan fingerprint density at radius 2 is 1.72 bits per heavy atom. The summed E-state index contributed by atoms with van der Waals surface area (Å²) in [6, 6.07) is 0. The van der Waals surface area contributed by atoms with Gasteiger partial charge in [0, 0.05) is 0 Å². The summed E-state index contributed by atoms with van der Waals surface area (Å²) in [7, 11) is 0. The Morgan fingerprint density at radius 3 is 2.33 bits per heavy atom. The van der Waals surface area contributed by atoms with E-state index in [-0.39, 0.29) is 0 Å². The van der Waals surface area contributed by atoms with Crippen LogP contribution in [0.25, 0.3) is 0 Å². The molecular formula is C18H32. The Balaban J connectivity index is 1.69. The lowest BCUT2D eigenvalue weighted by Crippen LogP contribution is -2.37. The van der Waals surface area contributed by atoms with Gasteiger partial charge in [0.2, 0.25) is 0 Å². The van der Waals surface area contributed by atoms with Crippen LogP contribution >= 0.6 is 0 Å². The fraction of sp³-hybridized carbons (Fsp3) is 1.00. The van der Waals surface area contributed by atoms with Crippen molar-refractivity contribution < 1.29 is 0 Å². The summed E-state index contributed by atoms with van der Waals surface area (Å²) in [4.78, 5) is 0. The molecule has 3 rings (SSSR count). The summed E-state index contributed by atoms with van der Waals surface area (Å²) in [6.07, 6.45) is 10.7. The zero-order valence-corrected chi connectivity index (χ0v) is 12.9. The first-order valence-corrected chi connectivity index (χ1v) is 8.54. The van der Waals surface area contributed by atoms with Gasteiger partial charge in [0.05, 0.1) is 0 Å². The van der Waals surface area contributed by atoms with E-state index < -0.39 is 0 Å². The molecule has 6 atom stereocenters. The Morgan fingerprint density at radius 1 is 1.00 bits per heavy atom. The normalized spacial score (nSPS) is 50.7. The average Bonchev–Trinajstić information content (AvgIpc) is 2.90. The molecule has 0 spiro atoms. The topological polar surface area (TPSA) is 0 Å². The maximum Gasteiger partial charge on any atom is -0.0297 e. The molecule has 0 amide bonds. The van der Waals surface area contributed by atoms with E-state index in [1.165, 1.54) is 19.3 Å². The van der Waals surface area contributed by atoms with Crippen molar-refractivity contribution >= 4 is 0 Å². The van der Waals surface area contributed by atoms with Crippen molar-refractivity contribution in [1.82, 2.24) is 0 Å². The van der Waals surface area contributed by atoms with Crippen LogP contribution in [0, 0.1) is 40.9 Å². The molecule has 0 aromatic heterocycles. The molecular weight excluding hydrogens is 216 g/mol. The molecule has 0 nitrogen and oxygen atoms in total. The van der Waals surface area contributed by atoms with Crippen LogP contribution in [-0.4, -0.2) is 0 Å². The summed E-state index contributed by atoms with van der Waals surface area (Å²) in [6.45, 7) is 10.0. The lowest BCUT2D eigenvalue weighted by molar-refractivity contribution is 0.0489. The summed E-state index contributed by atoms with van der Waals surface area (Å²) in [5.74, 6) is 6.36. The molecule has 3 saturated carbocycles. The van der Waals surface area contributed by atoms with Gasteiger partial charge in [-0.3, -0.25) is 0 Å². The monoisotopic (exact) mass is 248 g/mol. The largest absolute Gasteiger partial charge is 0.0651 e. The number of fused-ring (bicyclic) bond motifs is 2. The van der Waals surface area contributed by atoms with E-state index in [1.807, 2.05) is 0 Å². The van der Waals surface area contributed by atoms with Gasteiger partial charge < -0.3 is 0 Å². The summed E-state index contributed by atoms with van der Waals surface area (Å²) in [5.41, 5.74) is 0.639. The molecule has 3 aliphatic rings. The van der Waals surface area contributed by atoms with Crippen LogP contribution in [0.15, 0.2) is 0 Å². The van der Waals surface area contributed by atoms with Crippen LogP contribution in [0.5, 0.6) is 0 Å². The van der Waals surface area contributed by atoms with Gasteiger partial charge in [-0.15, -0.1) is 0 Å². The van der Waals surface area contributed by atoms with Crippen LogP contribution in [0.2, 0.25) is 0 Å². The van der Waals surface area contributed by atoms with E-state index in [0.717, 1.165) is 35.5 Å². The standard InChI is InChI=1S/C18H32/c1-5-13-7-6-8-14(9-13)17-11-15-10-16(17)12(2)18(15,3)4/h12-17H,5-11H2,1-4H3. The number of hydrogen-bond donors (Lipinski definition) is 0. The predicted octanol–water partition coefficient (Wildman–Crippen LogP) is 5.52. The van der Waals surface area contributed by atoms with Gasteiger partial charge in [-0.05, 0) is 60.2 Å². The second kappa shape index (κ2) is 4.53. The molecule has 0 saturated heterocycles. The lowest BCUT2D eigenvalue weighted by Gasteiger charge is -2.44. The SMILES string of the molecule is CCC1CCCC(C2CC3CC2C(C)C3(C)C)C1. The maximum absolute atomic E-state index is 2.55. The van der Waals surface area contributed by atoms with Crippen LogP contribution < -0.4 is 0 Å². The minimum absolute atomic E-state index is 0.639. The summed E-state index contributed by atoms with van der Waals surface area (Å²) in [5, 5.41) is 0. The summed E-state index contributed by atoms with van der Waals surface area (Å²) < 4.78 is 0. The number of rotatable bonds is 2. The summed E-state index contributed by atoms with van der Waals surface area (Å²) >= 11 is 0. The van der Waals surface area contributed by atoms with Gasteiger partial charge in [0.15, 0.2) is 0 Å². The average molecular weight is 248 g/mol. The molecule has 0 aliphatic heterocycles. The number of hydrogen-bond acceptors (Lipinski definition) is 0. The molecule has 18 heavy (non-hydrogen) atoms. The Labute approximate surface area is 114 Å². The van der Waals surface area contributed by atoms with Crippen LogP contribution in [-0.2, 0) is 0 Å². The molecule has 0 aromatic carbocycles. The van der Waals surface area contributed by atoms with E-state index in [9.17, 15) is 0 Å². The van der Waals surface area contributed by atoms with Crippen molar-refractivity contribution in [3.8, 4) is 0 Å². The van der Waals surface area contributed by atoms with E-state index in [4.69, 9.17) is 0 Å². The zero-order valence-electron chi connectivity index (χ0n) is 12.9. The minimum atomic E-state index is 0.639. The first-order valence-electron chi connectivity index (χ1n) is 8.54. The Kier molecular flexibility index (Phi) is 3.27. The van der Waals surface area contributed by atoms with Crippen LogP contribution in [0.1, 0.15) is 72.6 Å². The van der Waals surface area contributed by atoms with E-state index in [1.54, 1.807) is 25.7 Å². The molecule has 0 aromatic rings. The van der Waals surface area contributed by atoms with E-state index in [2.05, 4.69) is 27.7 Å². The van der Waals surface area contributed by atoms with Gasteiger partial charge in [-0.2, -0.15) is 0 Å². The first kappa shape index (κ1) is 13.0. The quantitative estimate of drug-likeness (QED) is 0.603. The zero-order chi connectivity index (χ0) is 12.9. The van der Waals surface area contributed by atoms with E-state index >= 15 is 0 Å². The predicted molar refractivity (Wildman–Crippen MR) is 78.4 cm³/mol. The molecule has 104 valence electrons. The highest BCUT2D eigenvalue weighted by atomic mass is 14.6. The molecule has 2 bridgehead atoms. The third kappa shape index (κ3) is 1.86. The van der Waals surface area contributed by atoms with Crippen molar-refractivity contribution in [2.45, 2.75) is 72.6 Å². The molecule has 0 heterocycles. The second-order valence-corrected chi connectivity index (χ2v) is 8.31. The fourth-order valence-electron chi connectivity index (χ4n) is 5.84. The maximum atomic E-state index is 2.55. The Hall–Kier alpha value is 0. The highest BCUT2D eigenvalue weighted by Crippen LogP contribution is 2.64. The molecule has 0 radical (unpaired) electrons. The molecule has 3 aliphatic carbocycles. The lowest BCUT2D eigenvalue weighted by atomic mass is 9.61. The second-order valence-electron chi connectivity index (χ2n) is 8.31. The molecule has 6 unspecified atom stereocenters. The highest BCUT2D eigenvalue weighted by Gasteiger charge is 2.56. The van der Waals surface area contributed by atoms with Gasteiger partial charge >= 0.3 is 0 Å². The van der Waals surface area contributed by atoms with E-state index in [0.29, 0.717) is 5.41 Å². The van der Waals surface area contributed by atoms with Crippen molar-refractivity contribution in [2.75, 3.05) is 0 Å². The van der Waals surface area contributed by atoms with Crippen molar-refractivity contribution in [3.05, 3.63) is 0 Å². The fourth-order valence-corrected chi connectivity index (χ4v) is 5.84. The van der Waals surface area contributed by atoms with Crippen molar-refractivity contribution in [1.29, 1.82) is 0 Å². The smallest absolute Gasteiger partial charge is 0.0297 e. The van der Waals surface area contributed by atoms with Gasteiger partial charge in [-0.25, -0.2) is 0 Å². The molecule has 0 heteroatoms. The van der Waals surface area contributed by atoms with Crippen LogP contribution in [0.4, 0.5) is 0 Å². The van der Waals surface area contributed by atoms with Gasteiger partial charge in [0.25, 0.3) is 0 Å².